The van der Waals surface area contributed by atoms with Gasteiger partial charge in [0.25, 0.3) is 0 Å². The predicted octanol–water partition coefficient (Wildman–Crippen LogP) is 4.09. The Morgan fingerprint density at radius 2 is 1.81 bits per heavy atom. The van der Waals surface area contributed by atoms with Gasteiger partial charge in [-0.25, -0.2) is 4.98 Å². The number of nitrogens with zero attached hydrogens (tertiary/aromatic N) is 2. The van der Waals surface area contributed by atoms with Gasteiger partial charge in [0.1, 0.15) is 10.9 Å². The van der Waals surface area contributed by atoms with Crippen LogP contribution in [0.25, 0.3) is 0 Å². The summed E-state index contributed by atoms with van der Waals surface area (Å²) in [6.45, 7) is 4.49. The number of benzene rings is 1. The van der Waals surface area contributed by atoms with Gasteiger partial charge in [-0.15, -0.1) is 24.0 Å². The Morgan fingerprint density at radius 3 is 2.44 bits per heavy atom. The van der Waals surface area contributed by atoms with Crippen LogP contribution in [0, 0.1) is 0 Å². The van der Waals surface area contributed by atoms with E-state index in [0.717, 1.165) is 56.2 Å². The molecule has 0 fully saturated rings. The number of rotatable bonds is 9. The lowest BCUT2D eigenvalue weighted by Crippen LogP contribution is -2.38. The summed E-state index contributed by atoms with van der Waals surface area (Å²) in [5.74, 6) is 1.74. The fourth-order valence-electron chi connectivity index (χ4n) is 2.49. The van der Waals surface area contributed by atoms with Crippen molar-refractivity contribution in [2.45, 2.75) is 26.2 Å². The van der Waals surface area contributed by atoms with Crippen LogP contribution in [-0.2, 0) is 12.8 Å². The molecular weight excluding hydrogens is 475 g/mol. The maximum atomic E-state index is 5.81. The van der Waals surface area contributed by atoms with Crippen LogP contribution in [0.5, 0.6) is 5.75 Å². The Balaban J connectivity index is 0.00000364. The van der Waals surface area contributed by atoms with Gasteiger partial charge in [-0.1, -0.05) is 29.8 Å². The summed E-state index contributed by atoms with van der Waals surface area (Å²) in [7, 11) is 1.68. The summed E-state index contributed by atoms with van der Waals surface area (Å²) < 4.78 is 5.18. The molecule has 2 rings (SSSR count). The highest BCUT2D eigenvalue weighted by Crippen LogP contribution is 2.12. The second-order valence-corrected chi connectivity index (χ2v) is 6.27. The predicted molar refractivity (Wildman–Crippen MR) is 124 cm³/mol. The van der Waals surface area contributed by atoms with Crippen LogP contribution in [0.15, 0.2) is 47.6 Å². The van der Waals surface area contributed by atoms with Crippen LogP contribution < -0.4 is 15.4 Å². The number of pyridine rings is 1. The molecule has 148 valence electrons. The van der Waals surface area contributed by atoms with E-state index in [1.807, 2.05) is 30.5 Å². The molecule has 1 aromatic carbocycles. The van der Waals surface area contributed by atoms with Crippen molar-refractivity contribution in [3.05, 3.63) is 58.9 Å². The van der Waals surface area contributed by atoms with Crippen LogP contribution in [0.1, 0.15) is 24.5 Å². The van der Waals surface area contributed by atoms with E-state index in [2.05, 4.69) is 39.7 Å². The summed E-state index contributed by atoms with van der Waals surface area (Å²) in [6, 6.07) is 12.0. The number of aromatic nitrogens is 1. The van der Waals surface area contributed by atoms with Crippen LogP contribution in [-0.4, -0.2) is 37.7 Å². The van der Waals surface area contributed by atoms with E-state index >= 15 is 0 Å². The first kappa shape index (κ1) is 23.5. The lowest BCUT2D eigenvalue weighted by molar-refractivity contribution is 0.414. The van der Waals surface area contributed by atoms with Crippen LogP contribution in [0.4, 0.5) is 0 Å². The highest BCUT2D eigenvalue weighted by Gasteiger charge is 1.99. The smallest absolute Gasteiger partial charge is 0.191 e. The van der Waals surface area contributed by atoms with Gasteiger partial charge in [0.05, 0.1) is 7.11 Å². The standard InChI is InChI=1S/C20H27ClN4O.HI/c1-3-22-20(24-14-12-17-8-11-19(21)25-15-17)23-13-4-5-16-6-9-18(26-2)10-7-16;/h6-11,15H,3-5,12-14H2,1-2H3,(H2,22,23,24);1H. The van der Waals surface area contributed by atoms with E-state index in [4.69, 9.17) is 16.3 Å². The average molecular weight is 503 g/mol. The summed E-state index contributed by atoms with van der Waals surface area (Å²) in [6.07, 6.45) is 4.69. The monoisotopic (exact) mass is 502 g/mol. The molecule has 0 aliphatic rings. The Kier molecular flexibility index (Phi) is 11.8. The zero-order chi connectivity index (χ0) is 18.6. The molecule has 1 aromatic heterocycles. The van der Waals surface area contributed by atoms with Crippen molar-refractivity contribution in [1.82, 2.24) is 15.6 Å². The number of aryl methyl sites for hydroxylation is 1. The van der Waals surface area contributed by atoms with E-state index in [0.29, 0.717) is 5.15 Å². The molecular formula is C20H28ClIN4O. The third-order valence-electron chi connectivity index (χ3n) is 3.89. The molecule has 5 nitrogen and oxygen atoms in total. The van der Waals surface area contributed by atoms with E-state index in [-0.39, 0.29) is 24.0 Å². The van der Waals surface area contributed by atoms with Gasteiger partial charge < -0.3 is 15.4 Å². The van der Waals surface area contributed by atoms with Crippen LogP contribution in [0.3, 0.4) is 0 Å². The van der Waals surface area contributed by atoms with Crippen molar-refractivity contribution in [3.63, 3.8) is 0 Å². The zero-order valence-electron chi connectivity index (χ0n) is 15.9. The first-order chi connectivity index (χ1) is 12.7. The minimum absolute atomic E-state index is 0. The van der Waals surface area contributed by atoms with Gasteiger partial charge >= 0.3 is 0 Å². The number of methoxy groups -OCH3 is 1. The maximum absolute atomic E-state index is 5.81. The van der Waals surface area contributed by atoms with Crippen molar-refractivity contribution in [2.75, 3.05) is 26.7 Å². The molecule has 2 N–H and O–H groups in total. The SMILES string of the molecule is CCNC(=NCCCc1ccc(OC)cc1)NCCc1ccc(Cl)nc1.I. The number of halogens is 2. The highest BCUT2D eigenvalue weighted by atomic mass is 127. The van der Waals surface area contributed by atoms with Gasteiger partial charge in [0.15, 0.2) is 5.96 Å². The van der Waals surface area contributed by atoms with Gasteiger partial charge in [-0.05, 0) is 55.5 Å². The van der Waals surface area contributed by atoms with Crippen molar-refractivity contribution in [3.8, 4) is 5.75 Å². The quantitative estimate of drug-likeness (QED) is 0.178. The number of aliphatic imine (C=N–C) groups is 1. The third-order valence-corrected chi connectivity index (χ3v) is 4.12. The molecule has 0 aliphatic heterocycles. The third kappa shape index (κ3) is 9.28. The second-order valence-electron chi connectivity index (χ2n) is 5.88. The molecule has 1 heterocycles. The van der Waals surface area contributed by atoms with Crippen LogP contribution >= 0.6 is 35.6 Å². The summed E-state index contributed by atoms with van der Waals surface area (Å²) in [5.41, 5.74) is 2.45. The van der Waals surface area contributed by atoms with Crippen molar-refractivity contribution in [1.29, 1.82) is 0 Å². The molecule has 0 spiro atoms. The number of hydrogen-bond donors (Lipinski definition) is 2. The van der Waals surface area contributed by atoms with E-state index in [1.165, 1.54) is 5.56 Å². The molecule has 0 saturated carbocycles. The minimum Gasteiger partial charge on any atom is -0.497 e. The highest BCUT2D eigenvalue weighted by molar-refractivity contribution is 14.0. The lowest BCUT2D eigenvalue weighted by atomic mass is 10.1. The first-order valence-corrected chi connectivity index (χ1v) is 9.34. The van der Waals surface area contributed by atoms with Crippen molar-refractivity contribution < 1.29 is 4.74 Å². The fraction of sp³-hybridized carbons (Fsp3) is 0.400. The molecule has 0 atom stereocenters. The lowest BCUT2D eigenvalue weighted by Gasteiger charge is -2.11. The number of ether oxygens (including phenoxy) is 1. The number of hydrogen-bond acceptors (Lipinski definition) is 3. The van der Waals surface area contributed by atoms with Crippen molar-refractivity contribution in [2.24, 2.45) is 4.99 Å². The van der Waals surface area contributed by atoms with E-state index < -0.39 is 0 Å². The Labute approximate surface area is 184 Å². The van der Waals surface area contributed by atoms with Crippen LogP contribution in [0.2, 0.25) is 5.15 Å². The minimum atomic E-state index is 0. The maximum Gasteiger partial charge on any atom is 0.191 e. The Bertz CT molecular complexity index is 677. The summed E-state index contributed by atoms with van der Waals surface area (Å²) in [5, 5.41) is 7.16. The van der Waals surface area contributed by atoms with E-state index in [1.54, 1.807) is 7.11 Å². The molecule has 2 aromatic rings. The molecule has 27 heavy (non-hydrogen) atoms. The molecule has 0 bridgehead atoms. The largest absolute Gasteiger partial charge is 0.497 e. The van der Waals surface area contributed by atoms with Crippen molar-refractivity contribution >= 4 is 41.5 Å². The van der Waals surface area contributed by atoms with Gasteiger partial charge in [0.2, 0.25) is 0 Å². The first-order valence-electron chi connectivity index (χ1n) is 8.97. The van der Waals surface area contributed by atoms with Gasteiger partial charge in [0, 0.05) is 25.8 Å². The summed E-state index contributed by atoms with van der Waals surface area (Å²) in [4.78, 5) is 8.74. The number of nitrogens with one attached hydrogen (secondary N) is 2. The summed E-state index contributed by atoms with van der Waals surface area (Å²) >= 11 is 5.81. The average Bonchev–Trinajstić information content (AvgIpc) is 2.67. The fourth-order valence-corrected chi connectivity index (χ4v) is 2.60. The second kappa shape index (κ2) is 13.6. The molecule has 7 heteroatoms. The molecule has 0 amide bonds. The Hall–Kier alpha value is -1.54. The molecule has 0 aliphatic carbocycles. The molecule has 0 unspecified atom stereocenters. The van der Waals surface area contributed by atoms with E-state index in [9.17, 15) is 0 Å². The molecule has 0 radical (unpaired) electrons. The Morgan fingerprint density at radius 1 is 1.07 bits per heavy atom. The van der Waals surface area contributed by atoms with Gasteiger partial charge in [-0.3, -0.25) is 4.99 Å². The number of guanidine groups is 1. The molecule has 0 saturated heterocycles. The topological polar surface area (TPSA) is 58.5 Å². The van der Waals surface area contributed by atoms with Gasteiger partial charge in [-0.2, -0.15) is 0 Å². The zero-order valence-corrected chi connectivity index (χ0v) is 19.0. The normalized spacial score (nSPS) is 10.9.